The number of rotatable bonds is 4. The third-order valence-corrected chi connectivity index (χ3v) is 8.02. The molecule has 6 rings (SSSR count). The minimum Gasteiger partial charge on any atom is -0.508 e. The Morgan fingerprint density at radius 3 is 2.50 bits per heavy atom. The molecular formula is C28H29ClF3N3O5. The minimum atomic E-state index is -5.08. The molecule has 3 aromatic rings. The summed E-state index contributed by atoms with van der Waals surface area (Å²) in [6, 6.07) is 12.3. The molecule has 0 radical (unpaired) electrons. The van der Waals surface area contributed by atoms with E-state index in [1.807, 2.05) is 29.3 Å². The molecule has 2 saturated heterocycles. The number of carboxylic acid groups (broad SMARTS) is 1. The molecule has 0 unspecified atom stereocenters. The number of carbonyl (C=O) groups is 2. The number of amides is 1. The van der Waals surface area contributed by atoms with E-state index in [1.54, 1.807) is 6.07 Å². The number of aromatic amines is 1. The Kier molecular flexibility index (Phi) is 7.73. The second-order valence-electron chi connectivity index (χ2n) is 10.5. The topological polar surface area (TPSA) is 106 Å². The first-order valence-electron chi connectivity index (χ1n) is 13.0. The van der Waals surface area contributed by atoms with E-state index >= 15 is 0 Å². The number of aromatic nitrogens is 1. The number of halogens is 4. The Morgan fingerprint density at radius 2 is 1.85 bits per heavy atom. The van der Waals surface area contributed by atoms with Crippen LogP contribution in [0.25, 0.3) is 22.0 Å². The second kappa shape index (κ2) is 10.9. The predicted octanol–water partition coefficient (Wildman–Crippen LogP) is 5.18. The molecule has 40 heavy (non-hydrogen) atoms. The Morgan fingerprint density at radius 1 is 1.15 bits per heavy atom. The predicted molar refractivity (Wildman–Crippen MR) is 142 cm³/mol. The molecule has 3 fully saturated rings. The van der Waals surface area contributed by atoms with Crippen LogP contribution >= 0.6 is 11.6 Å². The van der Waals surface area contributed by atoms with Gasteiger partial charge in [-0.15, -0.1) is 0 Å². The van der Waals surface area contributed by atoms with Gasteiger partial charge in [0.25, 0.3) is 0 Å². The fraction of sp³-hybridized carbons (Fsp3) is 0.429. The fourth-order valence-corrected chi connectivity index (χ4v) is 5.58. The van der Waals surface area contributed by atoms with Gasteiger partial charge in [0.1, 0.15) is 12.4 Å². The lowest BCUT2D eigenvalue weighted by Crippen LogP contribution is -2.59. The zero-order valence-corrected chi connectivity index (χ0v) is 22.3. The van der Waals surface area contributed by atoms with Crippen molar-refractivity contribution < 1.29 is 37.7 Å². The Labute approximate surface area is 233 Å². The quantitative estimate of drug-likeness (QED) is 0.393. The van der Waals surface area contributed by atoms with E-state index in [1.165, 1.54) is 0 Å². The Bertz CT molecular complexity index is 1410. The highest BCUT2D eigenvalue weighted by Gasteiger charge is 2.46. The summed E-state index contributed by atoms with van der Waals surface area (Å²) in [5.41, 5.74) is 3.46. The van der Waals surface area contributed by atoms with Gasteiger partial charge in [-0.1, -0.05) is 23.7 Å². The number of fused-ring (bicyclic) bond motifs is 1. The number of morpholine rings is 1. The normalized spacial score (nSPS) is 19.5. The highest BCUT2D eigenvalue weighted by Crippen LogP contribution is 2.38. The first kappa shape index (κ1) is 28.3. The average molecular weight is 580 g/mol. The van der Waals surface area contributed by atoms with Crippen molar-refractivity contribution in [1.29, 1.82) is 0 Å². The molecule has 2 aromatic carbocycles. The van der Waals surface area contributed by atoms with Gasteiger partial charge in [0.05, 0.1) is 12.1 Å². The maximum Gasteiger partial charge on any atom is 0.490 e. The summed E-state index contributed by atoms with van der Waals surface area (Å²) in [6.07, 6.45) is 0.878. The Balaban J connectivity index is 0.000000411. The first-order chi connectivity index (χ1) is 18.9. The van der Waals surface area contributed by atoms with Crippen LogP contribution in [0.2, 0.25) is 5.02 Å². The summed E-state index contributed by atoms with van der Waals surface area (Å²) < 4.78 is 37.8. The van der Waals surface area contributed by atoms with E-state index in [9.17, 15) is 23.1 Å². The van der Waals surface area contributed by atoms with Gasteiger partial charge in [-0.05, 0) is 60.9 Å². The summed E-state index contributed by atoms with van der Waals surface area (Å²) in [7, 11) is 0. The number of piperidine rings is 1. The van der Waals surface area contributed by atoms with Crippen LogP contribution < -0.4 is 0 Å². The molecule has 3 heterocycles. The van der Waals surface area contributed by atoms with Gasteiger partial charge in [-0.25, -0.2) is 4.79 Å². The summed E-state index contributed by atoms with van der Waals surface area (Å²) in [5.74, 6) is -2.35. The molecule has 1 amide bonds. The van der Waals surface area contributed by atoms with E-state index in [0.29, 0.717) is 17.6 Å². The molecule has 214 valence electrons. The number of nitrogens with one attached hydrogen (secondary N) is 1. The number of carbonyl (C=O) groups excluding carboxylic acids is 1. The summed E-state index contributed by atoms with van der Waals surface area (Å²) in [5, 5.41) is 19.7. The second-order valence-corrected chi connectivity index (χ2v) is 11.0. The van der Waals surface area contributed by atoms with Crippen molar-refractivity contribution in [2.45, 2.75) is 50.0 Å². The number of likely N-dealkylation sites (tertiary alicyclic amines) is 1. The molecule has 1 aromatic heterocycles. The van der Waals surface area contributed by atoms with Crippen molar-refractivity contribution in [2.75, 3.05) is 26.2 Å². The van der Waals surface area contributed by atoms with Crippen LogP contribution in [0.3, 0.4) is 0 Å². The van der Waals surface area contributed by atoms with Crippen molar-refractivity contribution in [1.82, 2.24) is 14.8 Å². The third kappa shape index (κ3) is 6.21. The van der Waals surface area contributed by atoms with Crippen LogP contribution in [0.1, 0.15) is 31.2 Å². The van der Waals surface area contributed by atoms with Gasteiger partial charge >= 0.3 is 12.1 Å². The van der Waals surface area contributed by atoms with E-state index < -0.39 is 12.1 Å². The summed E-state index contributed by atoms with van der Waals surface area (Å²) in [6.45, 7) is 3.32. The molecule has 8 nitrogen and oxygen atoms in total. The van der Waals surface area contributed by atoms with Crippen molar-refractivity contribution in [3.8, 4) is 16.9 Å². The molecule has 12 heteroatoms. The van der Waals surface area contributed by atoms with Crippen LogP contribution in [-0.4, -0.2) is 80.9 Å². The largest absolute Gasteiger partial charge is 0.508 e. The maximum absolute atomic E-state index is 12.2. The zero-order valence-electron chi connectivity index (χ0n) is 21.5. The lowest BCUT2D eigenvalue weighted by atomic mass is 9.89. The van der Waals surface area contributed by atoms with E-state index in [-0.39, 0.29) is 23.9 Å². The van der Waals surface area contributed by atoms with Crippen LogP contribution in [0.15, 0.2) is 42.6 Å². The van der Waals surface area contributed by atoms with Crippen molar-refractivity contribution in [3.05, 3.63) is 53.2 Å². The number of hydrogen-bond donors (Lipinski definition) is 3. The highest BCUT2D eigenvalue weighted by atomic mass is 35.5. The van der Waals surface area contributed by atoms with E-state index in [0.717, 1.165) is 72.9 Å². The number of benzene rings is 2. The molecular weight excluding hydrogens is 551 g/mol. The van der Waals surface area contributed by atoms with Gasteiger partial charge in [0, 0.05) is 53.5 Å². The van der Waals surface area contributed by atoms with Gasteiger partial charge in [-0.2, -0.15) is 13.2 Å². The zero-order chi connectivity index (χ0) is 28.7. The monoisotopic (exact) mass is 579 g/mol. The Hall–Kier alpha value is -3.28. The number of phenolic OH excluding ortho intramolecular Hbond substituents is 1. The number of hydrogen-bond acceptors (Lipinski definition) is 5. The molecule has 1 aliphatic carbocycles. The number of H-pyrrole nitrogens is 1. The molecule has 1 saturated carbocycles. The first-order valence-corrected chi connectivity index (χ1v) is 13.4. The number of aromatic hydroxyl groups is 1. The average Bonchev–Trinajstić information content (AvgIpc) is 3.65. The van der Waals surface area contributed by atoms with Crippen molar-refractivity contribution in [2.24, 2.45) is 0 Å². The lowest BCUT2D eigenvalue weighted by Gasteiger charge is -2.47. The van der Waals surface area contributed by atoms with Gasteiger partial charge in [0.2, 0.25) is 5.91 Å². The van der Waals surface area contributed by atoms with Gasteiger partial charge < -0.3 is 24.8 Å². The van der Waals surface area contributed by atoms with Gasteiger partial charge in [0.15, 0.2) is 0 Å². The molecule has 0 atom stereocenters. The van der Waals surface area contributed by atoms with Crippen LogP contribution in [-0.2, 0) is 20.9 Å². The van der Waals surface area contributed by atoms with E-state index in [2.05, 4.69) is 22.0 Å². The van der Waals surface area contributed by atoms with Crippen LogP contribution in [0.4, 0.5) is 13.2 Å². The maximum atomic E-state index is 12.2. The molecule has 2 aliphatic heterocycles. The fourth-order valence-electron chi connectivity index (χ4n) is 5.29. The summed E-state index contributed by atoms with van der Waals surface area (Å²) >= 11 is 6.66. The minimum absolute atomic E-state index is 0.139. The number of carboxylic acids is 1. The standard InChI is InChI=1S/C26H28ClN3O3.C2HF3O2/c27-22-11-19(24(31)13-21(22)18-2-1-17-5-8-28-23(17)12-18)14-29-9-6-26(7-10-29)16-30(20-3-4-20)25(32)15-33-26;3-2(4,5)1(6)7/h1-2,5,8,11-13,20,28,31H,3-4,6-7,9-10,14-16H2;(H,6,7). The number of phenols is 1. The molecule has 0 bridgehead atoms. The number of nitrogens with zero attached hydrogens (tertiary/aromatic N) is 2. The van der Waals surface area contributed by atoms with Crippen molar-refractivity contribution in [3.63, 3.8) is 0 Å². The van der Waals surface area contributed by atoms with Crippen molar-refractivity contribution >= 4 is 34.4 Å². The summed E-state index contributed by atoms with van der Waals surface area (Å²) in [4.78, 5) is 28.7. The van der Waals surface area contributed by atoms with Gasteiger partial charge in [-0.3, -0.25) is 9.69 Å². The molecule has 3 N–H and O–H groups in total. The number of alkyl halides is 3. The third-order valence-electron chi connectivity index (χ3n) is 7.71. The molecule has 3 aliphatic rings. The number of ether oxygens (including phenoxy) is 1. The number of aliphatic carboxylic acids is 1. The SMILES string of the molecule is O=C(O)C(F)(F)F.O=C1COC2(CCN(Cc3cc(Cl)c(-c4ccc5cc[nH]c5c4)cc3O)CC2)CN1C1CC1. The van der Waals surface area contributed by atoms with Crippen LogP contribution in [0.5, 0.6) is 5.75 Å². The smallest absolute Gasteiger partial charge is 0.490 e. The lowest BCUT2D eigenvalue weighted by molar-refractivity contribution is -0.192. The highest BCUT2D eigenvalue weighted by molar-refractivity contribution is 6.33. The van der Waals surface area contributed by atoms with E-state index in [4.69, 9.17) is 26.2 Å². The van der Waals surface area contributed by atoms with Crippen LogP contribution in [0, 0.1) is 0 Å². The molecule has 1 spiro atoms.